The molecule has 0 amide bonds. The second-order valence-corrected chi connectivity index (χ2v) is 8.92. The standard InChI is InChI=1S/C7H10O3S2Te.Na/c8-12(9,10)5-2-6-13-7-3-1-4-11-7;/h1,3-4H,2,5-6H2,(H,8,9,10);/q;+1/p-1. The molecule has 0 atom stereocenters. The molecule has 74 valence electrons. The van der Waals surface area contributed by atoms with Gasteiger partial charge in [-0.05, 0) is 0 Å². The van der Waals surface area contributed by atoms with Crippen molar-refractivity contribution in [3.05, 3.63) is 17.5 Å². The summed E-state index contributed by atoms with van der Waals surface area (Å²) in [5, 5.41) is 2.02. The molecule has 0 saturated heterocycles. The van der Waals surface area contributed by atoms with E-state index in [0.717, 1.165) is 4.47 Å². The van der Waals surface area contributed by atoms with Gasteiger partial charge in [0.2, 0.25) is 0 Å². The molecule has 0 fully saturated rings. The maximum absolute atomic E-state index is 10.3. The normalized spacial score (nSPS) is 10.9. The Labute approximate surface area is 120 Å². The SMILES string of the molecule is O=S(=O)([O-])CCC[Te]c1cccs1.[Na+]. The van der Waals surface area contributed by atoms with Gasteiger partial charge >= 0.3 is 122 Å². The Bertz CT molecular complexity index is 336. The predicted octanol–water partition coefficient (Wildman–Crippen LogP) is -2.56. The summed E-state index contributed by atoms with van der Waals surface area (Å²) in [6.45, 7) is 0. The Morgan fingerprint density at radius 1 is 1.50 bits per heavy atom. The van der Waals surface area contributed by atoms with Crippen LogP contribution in [0.3, 0.4) is 0 Å². The molecule has 1 rings (SSSR count). The number of rotatable bonds is 5. The summed E-state index contributed by atoms with van der Waals surface area (Å²) in [4.78, 5) is 0. The van der Waals surface area contributed by atoms with Crippen LogP contribution in [0.4, 0.5) is 0 Å². The van der Waals surface area contributed by atoms with Gasteiger partial charge in [-0.25, -0.2) is 0 Å². The summed E-state index contributed by atoms with van der Waals surface area (Å²) in [5.41, 5.74) is 0. The van der Waals surface area contributed by atoms with Gasteiger partial charge in [0.05, 0.1) is 0 Å². The van der Waals surface area contributed by atoms with Gasteiger partial charge in [-0.2, -0.15) is 0 Å². The fourth-order valence-corrected chi connectivity index (χ4v) is 5.85. The maximum Gasteiger partial charge on any atom is 1.00 e. The number of hydrogen-bond donors (Lipinski definition) is 0. The van der Waals surface area contributed by atoms with Crippen LogP contribution in [0.15, 0.2) is 17.5 Å². The van der Waals surface area contributed by atoms with Crippen LogP contribution in [0.1, 0.15) is 6.42 Å². The third kappa shape index (κ3) is 7.66. The van der Waals surface area contributed by atoms with Crippen LogP contribution in [-0.2, 0) is 10.1 Å². The van der Waals surface area contributed by atoms with Crippen molar-refractivity contribution in [2.45, 2.75) is 10.9 Å². The Kier molecular flexibility index (Phi) is 8.40. The summed E-state index contributed by atoms with van der Waals surface area (Å²) in [6, 6.07) is 4.06. The summed E-state index contributed by atoms with van der Waals surface area (Å²) < 4.78 is 33.0. The largest absolute Gasteiger partial charge is 1.00 e. The summed E-state index contributed by atoms with van der Waals surface area (Å²) >= 11 is 1.46. The molecular weight excluding hydrogens is 347 g/mol. The van der Waals surface area contributed by atoms with Crippen molar-refractivity contribution in [2.75, 3.05) is 5.75 Å². The van der Waals surface area contributed by atoms with Crippen LogP contribution in [0.2, 0.25) is 4.47 Å². The maximum atomic E-state index is 10.3. The van der Waals surface area contributed by atoms with Crippen molar-refractivity contribution in [3.8, 4) is 0 Å². The van der Waals surface area contributed by atoms with Gasteiger partial charge in [0.25, 0.3) is 0 Å². The molecule has 0 N–H and O–H groups in total. The second kappa shape index (κ2) is 7.64. The third-order valence-electron chi connectivity index (χ3n) is 1.28. The zero-order chi connectivity index (χ0) is 9.73. The molecule has 0 aliphatic carbocycles. The molecule has 0 radical (unpaired) electrons. The van der Waals surface area contributed by atoms with Crippen molar-refractivity contribution >= 4 is 45.3 Å². The Morgan fingerprint density at radius 3 is 2.71 bits per heavy atom. The minimum Gasteiger partial charge on any atom is 1.00 e. The third-order valence-corrected chi connectivity index (χ3v) is 6.95. The molecule has 1 heterocycles. The monoisotopic (exact) mass is 358 g/mol. The van der Waals surface area contributed by atoms with E-state index in [1.54, 1.807) is 11.3 Å². The summed E-state index contributed by atoms with van der Waals surface area (Å²) in [7, 11) is -3.99. The number of thiophene rings is 1. The number of hydrogen-bond acceptors (Lipinski definition) is 4. The van der Waals surface area contributed by atoms with Crippen LogP contribution in [-0.4, -0.2) is 39.6 Å². The van der Waals surface area contributed by atoms with Gasteiger partial charge in [0.15, 0.2) is 0 Å². The minimum atomic E-state index is -3.99. The van der Waals surface area contributed by atoms with Crippen LogP contribution in [0.25, 0.3) is 0 Å². The van der Waals surface area contributed by atoms with Gasteiger partial charge in [0, 0.05) is 0 Å². The second-order valence-electron chi connectivity index (χ2n) is 2.40. The van der Waals surface area contributed by atoms with E-state index < -0.39 is 10.1 Å². The molecule has 0 bridgehead atoms. The van der Waals surface area contributed by atoms with E-state index in [9.17, 15) is 13.0 Å². The molecule has 0 aromatic carbocycles. The van der Waals surface area contributed by atoms with Crippen LogP contribution < -0.4 is 32.5 Å². The Morgan fingerprint density at radius 2 is 2.21 bits per heavy atom. The molecule has 7 heteroatoms. The fourth-order valence-electron chi connectivity index (χ4n) is 0.754. The Balaban J connectivity index is 0.00000169. The van der Waals surface area contributed by atoms with Crippen molar-refractivity contribution in [3.63, 3.8) is 0 Å². The molecule has 0 spiro atoms. The zero-order valence-electron chi connectivity index (χ0n) is 7.80. The van der Waals surface area contributed by atoms with E-state index in [-0.39, 0.29) is 56.2 Å². The molecule has 14 heavy (non-hydrogen) atoms. The van der Waals surface area contributed by atoms with Gasteiger partial charge in [-0.1, -0.05) is 0 Å². The molecule has 0 unspecified atom stereocenters. The molecule has 1 aromatic heterocycles. The quantitative estimate of drug-likeness (QED) is 0.331. The smallest absolute Gasteiger partial charge is 1.00 e. The first-order valence-electron chi connectivity index (χ1n) is 3.68. The van der Waals surface area contributed by atoms with Gasteiger partial charge < -0.3 is 0 Å². The average molecular weight is 356 g/mol. The van der Waals surface area contributed by atoms with E-state index >= 15 is 0 Å². The van der Waals surface area contributed by atoms with Gasteiger partial charge in [0.1, 0.15) is 0 Å². The van der Waals surface area contributed by atoms with Crippen LogP contribution >= 0.6 is 11.3 Å². The topological polar surface area (TPSA) is 57.2 Å². The fraction of sp³-hybridized carbons (Fsp3) is 0.429. The van der Waals surface area contributed by atoms with E-state index in [1.807, 2.05) is 11.4 Å². The van der Waals surface area contributed by atoms with Crippen molar-refractivity contribution in [1.29, 1.82) is 0 Å². The van der Waals surface area contributed by atoms with Crippen LogP contribution in [0, 0.1) is 0 Å². The van der Waals surface area contributed by atoms with E-state index in [0.29, 0.717) is 6.42 Å². The zero-order valence-corrected chi connectivity index (χ0v) is 13.8. The summed E-state index contributed by atoms with van der Waals surface area (Å²) in [6.07, 6.45) is 0.520. The first-order chi connectivity index (χ1) is 6.08. The van der Waals surface area contributed by atoms with E-state index in [2.05, 4.69) is 6.07 Å². The molecule has 0 aliphatic heterocycles. The van der Waals surface area contributed by atoms with E-state index in [1.165, 1.54) is 2.93 Å². The average Bonchev–Trinajstić information content (AvgIpc) is 2.48. The first kappa shape index (κ1) is 15.4. The van der Waals surface area contributed by atoms with Crippen molar-refractivity contribution in [2.24, 2.45) is 0 Å². The summed E-state index contributed by atoms with van der Waals surface area (Å²) in [5.74, 6) is -0.205. The molecule has 1 aromatic rings. The van der Waals surface area contributed by atoms with Crippen molar-refractivity contribution < 1.29 is 42.5 Å². The predicted molar refractivity (Wildman–Crippen MR) is 53.7 cm³/mol. The minimum absolute atomic E-state index is 0. The van der Waals surface area contributed by atoms with E-state index in [4.69, 9.17) is 0 Å². The molecule has 0 saturated carbocycles. The Hall–Kier alpha value is 1.40. The van der Waals surface area contributed by atoms with Crippen LogP contribution in [0.5, 0.6) is 0 Å². The molecule has 0 aliphatic rings. The molecular formula is C7H9NaO3S2Te. The molecule has 3 nitrogen and oxygen atoms in total. The van der Waals surface area contributed by atoms with Gasteiger partial charge in [-0.15, -0.1) is 0 Å². The van der Waals surface area contributed by atoms with Gasteiger partial charge in [-0.3, -0.25) is 0 Å². The first-order valence-corrected chi connectivity index (χ1v) is 8.95. The van der Waals surface area contributed by atoms with Crippen molar-refractivity contribution in [1.82, 2.24) is 0 Å².